The molecule has 0 aromatic rings. The van der Waals surface area contributed by atoms with E-state index in [1.807, 2.05) is 0 Å². The van der Waals surface area contributed by atoms with Crippen molar-refractivity contribution in [1.82, 2.24) is 0 Å². The summed E-state index contributed by atoms with van der Waals surface area (Å²) in [4.78, 5) is 20.8. The Hall–Kier alpha value is -0.290. The van der Waals surface area contributed by atoms with E-state index in [0.717, 1.165) is 0 Å². The molecule has 0 radical (unpaired) electrons. The van der Waals surface area contributed by atoms with E-state index in [-0.39, 0.29) is 0 Å². The van der Waals surface area contributed by atoms with Crippen LogP contribution in [-0.2, 0) is 9.59 Å². The van der Waals surface area contributed by atoms with Gasteiger partial charge in [0.2, 0.25) is 10.5 Å². The summed E-state index contributed by atoms with van der Waals surface area (Å²) in [5.74, 6) is -7.83. The molecule has 1 rings (SSSR count). The minimum Gasteiger partial charge on any atom is -0.281 e. The Bertz CT molecular complexity index is 269. The van der Waals surface area contributed by atoms with Gasteiger partial charge in [-0.1, -0.05) is 0 Å². The van der Waals surface area contributed by atoms with Gasteiger partial charge in [-0.15, -0.1) is 0 Å². The molecule has 3 atom stereocenters. The van der Waals surface area contributed by atoms with Crippen LogP contribution in [0.4, 0.5) is 13.2 Å². The van der Waals surface area contributed by atoms with Crippen LogP contribution in [0, 0.1) is 11.8 Å². The molecule has 3 unspecified atom stereocenters. The lowest BCUT2D eigenvalue weighted by Crippen LogP contribution is -2.63. The number of halogens is 5. The van der Waals surface area contributed by atoms with Crippen LogP contribution < -0.4 is 0 Å². The average molecular weight is 235 g/mol. The van der Waals surface area contributed by atoms with Crippen LogP contribution in [0.2, 0.25) is 0 Å². The first-order valence-corrected chi connectivity index (χ1v) is 3.96. The Morgan fingerprint density at radius 2 is 1.62 bits per heavy atom. The van der Waals surface area contributed by atoms with Gasteiger partial charge in [0.15, 0.2) is 6.17 Å². The first kappa shape index (κ1) is 10.8. The molecule has 0 heterocycles. The molecule has 0 aromatic carbocycles. The molecule has 74 valence electrons. The van der Waals surface area contributed by atoms with Gasteiger partial charge in [-0.25, -0.2) is 13.2 Å². The summed E-state index contributed by atoms with van der Waals surface area (Å²) in [6.45, 7) is 0. The zero-order valence-electron chi connectivity index (χ0n) is 5.94. The van der Waals surface area contributed by atoms with Gasteiger partial charge >= 0.3 is 0 Å². The standard InChI is InChI=1S/C6H3Cl2F3O2/c7-4(12)1-2(5(8)13)6(10,11)3(1)9/h1-3H. The first-order chi connectivity index (χ1) is 5.80. The number of alkyl halides is 3. The largest absolute Gasteiger partial charge is 0.291 e. The molecule has 13 heavy (non-hydrogen) atoms. The molecule has 0 amide bonds. The van der Waals surface area contributed by atoms with E-state index in [2.05, 4.69) is 0 Å². The monoisotopic (exact) mass is 234 g/mol. The number of hydrogen-bond donors (Lipinski definition) is 0. The molecule has 1 aliphatic rings. The quantitative estimate of drug-likeness (QED) is 0.683. The highest BCUT2D eigenvalue weighted by Crippen LogP contribution is 2.52. The summed E-state index contributed by atoms with van der Waals surface area (Å²) in [7, 11) is 0. The second-order valence-corrected chi connectivity index (χ2v) is 3.43. The van der Waals surface area contributed by atoms with Gasteiger partial charge < -0.3 is 0 Å². The third-order valence-electron chi connectivity index (χ3n) is 1.96. The highest BCUT2D eigenvalue weighted by atomic mass is 35.5. The SMILES string of the molecule is O=C(Cl)C1C(F)C(F)(F)C1C(=O)Cl. The molecule has 0 N–H and O–H groups in total. The summed E-state index contributed by atoms with van der Waals surface area (Å²) in [5.41, 5.74) is 0. The van der Waals surface area contributed by atoms with Crippen LogP contribution >= 0.6 is 23.2 Å². The molecule has 0 aromatic heterocycles. The van der Waals surface area contributed by atoms with Gasteiger partial charge in [0.05, 0.1) is 5.92 Å². The molecule has 2 nitrogen and oxygen atoms in total. The molecule has 1 saturated carbocycles. The van der Waals surface area contributed by atoms with E-state index in [1.54, 1.807) is 0 Å². The van der Waals surface area contributed by atoms with Crippen LogP contribution in [0.15, 0.2) is 0 Å². The molecule has 1 aliphatic carbocycles. The van der Waals surface area contributed by atoms with Crippen molar-refractivity contribution < 1.29 is 22.8 Å². The zero-order chi connectivity index (χ0) is 10.4. The lowest BCUT2D eigenvalue weighted by Gasteiger charge is -2.43. The van der Waals surface area contributed by atoms with Crippen LogP contribution in [0.3, 0.4) is 0 Å². The Balaban J connectivity index is 2.91. The third kappa shape index (κ3) is 1.44. The van der Waals surface area contributed by atoms with Gasteiger partial charge in [0.25, 0.3) is 5.92 Å². The highest BCUT2D eigenvalue weighted by molar-refractivity contribution is 6.67. The highest BCUT2D eigenvalue weighted by Gasteiger charge is 2.70. The Kier molecular flexibility index (Phi) is 2.60. The predicted octanol–water partition coefficient (Wildman–Crippen LogP) is 1.74. The van der Waals surface area contributed by atoms with Crippen LogP contribution in [-0.4, -0.2) is 22.6 Å². The summed E-state index contributed by atoms with van der Waals surface area (Å²) in [6.07, 6.45) is -2.72. The van der Waals surface area contributed by atoms with E-state index >= 15 is 0 Å². The number of rotatable bonds is 2. The molecule has 0 saturated heterocycles. The van der Waals surface area contributed by atoms with Crippen molar-refractivity contribution >= 4 is 33.7 Å². The minimum absolute atomic E-state index is 1.31. The van der Waals surface area contributed by atoms with Gasteiger partial charge in [0.1, 0.15) is 5.92 Å². The van der Waals surface area contributed by atoms with Gasteiger partial charge in [-0.05, 0) is 23.2 Å². The van der Waals surface area contributed by atoms with Crippen molar-refractivity contribution in [1.29, 1.82) is 0 Å². The molecule has 0 spiro atoms. The molecule has 7 heteroatoms. The average Bonchev–Trinajstić information content (AvgIpc) is 1.96. The maximum atomic E-state index is 12.6. The van der Waals surface area contributed by atoms with E-state index < -0.39 is 34.4 Å². The number of carbonyl (C=O) groups is 2. The lowest BCUT2D eigenvalue weighted by atomic mass is 9.69. The molecule has 1 fully saturated rings. The lowest BCUT2D eigenvalue weighted by molar-refractivity contribution is -0.221. The number of carbonyl (C=O) groups excluding carboxylic acids is 2. The van der Waals surface area contributed by atoms with Crippen molar-refractivity contribution in [2.24, 2.45) is 11.8 Å². The van der Waals surface area contributed by atoms with Crippen LogP contribution in [0.25, 0.3) is 0 Å². The zero-order valence-corrected chi connectivity index (χ0v) is 7.45. The Morgan fingerprint density at radius 1 is 1.15 bits per heavy atom. The second-order valence-electron chi connectivity index (χ2n) is 2.69. The summed E-state index contributed by atoms with van der Waals surface area (Å²) < 4.78 is 37.7. The fraction of sp³-hybridized carbons (Fsp3) is 0.667. The second kappa shape index (κ2) is 3.13. The molecule has 0 bridgehead atoms. The summed E-state index contributed by atoms with van der Waals surface area (Å²) in [6, 6.07) is 0. The van der Waals surface area contributed by atoms with E-state index in [0.29, 0.717) is 0 Å². The minimum atomic E-state index is -3.88. The molecule has 0 aliphatic heterocycles. The smallest absolute Gasteiger partial charge is 0.281 e. The number of hydrogen-bond acceptors (Lipinski definition) is 2. The maximum absolute atomic E-state index is 12.6. The van der Waals surface area contributed by atoms with Gasteiger partial charge in [-0.2, -0.15) is 0 Å². The predicted molar refractivity (Wildman–Crippen MR) is 38.5 cm³/mol. The van der Waals surface area contributed by atoms with E-state index in [1.165, 1.54) is 0 Å². The topological polar surface area (TPSA) is 34.1 Å². The van der Waals surface area contributed by atoms with Crippen molar-refractivity contribution in [2.45, 2.75) is 12.1 Å². The van der Waals surface area contributed by atoms with E-state index in [4.69, 9.17) is 23.2 Å². The Labute approximate surface area is 81.0 Å². The van der Waals surface area contributed by atoms with Crippen molar-refractivity contribution in [2.75, 3.05) is 0 Å². The maximum Gasteiger partial charge on any atom is 0.291 e. The first-order valence-electron chi connectivity index (χ1n) is 3.20. The van der Waals surface area contributed by atoms with Crippen molar-refractivity contribution in [3.05, 3.63) is 0 Å². The molecular formula is C6H3Cl2F3O2. The normalized spacial score (nSPS) is 36.5. The Morgan fingerprint density at radius 3 is 1.85 bits per heavy atom. The molecular weight excluding hydrogens is 232 g/mol. The van der Waals surface area contributed by atoms with Crippen molar-refractivity contribution in [3.8, 4) is 0 Å². The summed E-state index contributed by atoms with van der Waals surface area (Å²) in [5, 5.41) is -2.75. The van der Waals surface area contributed by atoms with Crippen LogP contribution in [0.5, 0.6) is 0 Å². The summed E-state index contributed by atoms with van der Waals surface area (Å²) >= 11 is 9.59. The van der Waals surface area contributed by atoms with Crippen molar-refractivity contribution in [3.63, 3.8) is 0 Å². The van der Waals surface area contributed by atoms with Gasteiger partial charge in [-0.3, -0.25) is 9.59 Å². The van der Waals surface area contributed by atoms with Gasteiger partial charge in [0, 0.05) is 0 Å². The fourth-order valence-electron chi connectivity index (χ4n) is 1.24. The van der Waals surface area contributed by atoms with E-state index in [9.17, 15) is 22.8 Å². The van der Waals surface area contributed by atoms with Crippen LogP contribution in [0.1, 0.15) is 0 Å². The fourth-order valence-corrected chi connectivity index (χ4v) is 1.76. The third-order valence-corrected chi connectivity index (χ3v) is 2.45.